The fourth-order valence-corrected chi connectivity index (χ4v) is 9.28. The standard InChI is InChI=1S/C44H50N8O6/c1-57-43(55)49-37(25-7-3-8-25)41(53)51-19-5-11-35(51)39-45-24-34(48-39)31-16-15-27-21-28(13-14-29(27)22-31)30-17-18-32-33(23-30)47-40(46-32)36-12-6-20-52(36)42(54)38(26-9-4-10-26)50-44(56)58-2/h13-18,21-26,35-38H,3-12,19-20H2,1-2H3,(H,45,48)(H,46,47)(H,49,55)(H,50,56). The number of amides is 4. The number of ether oxygens (including phenoxy) is 2. The minimum Gasteiger partial charge on any atom is -0.453 e. The van der Waals surface area contributed by atoms with Gasteiger partial charge in [0.25, 0.3) is 0 Å². The van der Waals surface area contributed by atoms with Crippen molar-refractivity contribution in [3.05, 3.63) is 72.4 Å². The fraction of sp³-hybridized carbons (Fsp3) is 0.455. The minimum absolute atomic E-state index is 0.0676. The molecule has 0 radical (unpaired) electrons. The van der Waals surface area contributed by atoms with Crippen molar-refractivity contribution in [2.24, 2.45) is 11.8 Å². The average Bonchev–Trinajstić information content (AvgIpc) is 4.04. The second kappa shape index (κ2) is 15.8. The minimum atomic E-state index is -0.590. The maximum atomic E-state index is 13.8. The third-order valence-corrected chi connectivity index (χ3v) is 13.0. The molecule has 2 aromatic heterocycles. The average molecular weight is 787 g/mol. The van der Waals surface area contributed by atoms with E-state index in [1.807, 2.05) is 22.1 Å². The Morgan fingerprint density at radius 2 is 1.19 bits per heavy atom. The van der Waals surface area contributed by atoms with Gasteiger partial charge in [-0.05, 0) is 109 Å². The van der Waals surface area contributed by atoms with Gasteiger partial charge >= 0.3 is 12.2 Å². The smallest absolute Gasteiger partial charge is 0.407 e. The molecule has 4 aliphatic rings. The highest BCUT2D eigenvalue weighted by atomic mass is 16.5. The number of rotatable bonds is 10. The molecule has 58 heavy (non-hydrogen) atoms. The number of hydrogen-bond acceptors (Lipinski definition) is 8. The number of nitrogens with zero attached hydrogens (tertiary/aromatic N) is 4. The van der Waals surface area contributed by atoms with Crippen LogP contribution < -0.4 is 10.6 Å². The third kappa shape index (κ3) is 7.13. The highest BCUT2D eigenvalue weighted by Crippen LogP contribution is 2.39. The van der Waals surface area contributed by atoms with E-state index in [1.165, 1.54) is 14.2 Å². The lowest BCUT2D eigenvalue weighted by molar-refractivity contribution is -0.137. The number of benzene rings is 3. The molecule has 9 rings (SSSR count). The number of aromatic nitrogens is 4. The lowest BCUT2D eigenvalue weighted by atomic mass is 9.79. The maximum Gasteiger partial charge on any atom is 0.407 e. The van der Waals surface area contributed by atoms with Crippen LogP contribution in [-0.2, 0) is 19.1 Å². The summed E-state index contributed by atoms with van der Waals surface area (Å²) < 4.78 is 9.68. The lowest BCUT2D eigenvalue weighted by Crippen LogP contribution is -2.53. The van der Waals surface area contributed by atoms with E-state index in [9.17, 15) is 19.2 Å². The monoisotopic (exact) mass is 786 g/mol. The van der Waals surface area contributed by atoms with Crippen LogP contribution in [0, 0.1) is 11.8 Å². The summed E-state index contributed by atoms with van der Waals surface area (Å²) in [6.45, 7) is 1.24. The molecule has 5 aromatic rings. The van der Waals surface area contributed by atoms with Gasteiger partial charge in [0.2, 0.25) is 11.8 Å². The molecule has 2 aliphatic heterocycles. The van der Waals surface area contributed by atoms with E-state index in [-0.39, 0.29) is 35.7 Å². The fourth-order valence-electron chi connectivity index (χ4n) is 9.28. The Labute approximate surface area is 336 Å². The Balaban J connectivity index is 0.903. The third-order valence-electron chi connectivity index (χ3n) is 13.0. The molecular weight excluding hydrogens is 737 g/mol. The number of carbonyl (C=O) groups is 4. The van der Waals surface area contributed by atoms with Crippen LogP contribution in [0.25, 0.3) is 44.2 Å². The van der Waals surface area contributed by atoms with Gasteiger partial charge in [0.05, 0.1) is 49.2 Å². The molecule has 302 valence electrons. The molecule has 0 bridgehead atoms. The Hall–Kier alpha value is -5.92. The van der Waals surface area contributed by atoms with Gasteiger partial charge in [0.1, 0.15) is 23.7 Å². The molecule has 3 aromatic carbocycles. The summed E-state index contributed by atoms with van der Waals surface area (Å²) in [7, 11) is 2.64. The van der Waals surface area contributed by atoms with Crippen LogP contribution in [0.15, 0.2) is 60.8 Å². The topological polar surface area (TPSA) is 175 Å². The number of aromatic amines is 2. The van der Waals surface area contributed by atoms with Crippen LogP contribution >= 0.6 is 0 Å². The Bertz CT molecular complexity index is 2360. The molecule has 4 fully saturated rings. The zero-order valence-corrected chi connectivity index (χ0v) is 33.0. The van der Waals surface area contributed by atoms with Crippen molar-refractivity contribution in [1.29, 1.82) is 0 Å². The normalized spacial score (nSPS) is 20.7. The number of likely N-dealkylation sites (tertiary alicyclic amines) is 2. The van der Waals surface area contributed by atoms with Crippen LogP contribution in [0.3, 0.4) is 0 Å². The number of imidazole rings is 2. The summed E-state index contributed by atoms with van der Waals surface area (Å²) in [5.41, 5.74) is 5.75. The highest BCUT2D eigenvalue weighted by molar-refractivity contribution is 5.92. The largest absolute Gasteiger partial charge is 0.453 e. The number of H-pyrrole nitrogens is 2. The van der Waals surface area contributed by atoms with Crippen LogP contribution in [0.4, 0.5) is 9.59 Å². The van der Waals surface area contributed by atoms with Crippen LogP contribution in [-0.4, -0.2) is 93.1 Å². The van der Waals surface area contributed by atoms with Gasteiger partial charge in [-0.25, -0.2) is 19.6 Å². The van der Waals surface area contributed by atoms with Crippen molar-refractivity contribution < 1.29 is 28.7 Å². The molecule has 2 saturated carbocycles. The molecule has 14 heteroatoms. The van der Waals surface area contributed by atoms with Gasteiger partial charge in [-0.1, -0.05) is 43.2 Å². The molecule has 2 saturated heterocycles. The first kappa shape index (κ1) is 37.6. The first-order valence-electron chi connectivity index (χ1n) is 20.7. The summed E-state index contributed by atoms with van der Waals surface area (Å²) in [5, 5.41) is 7.80. The van der Waals surface area contributed by atoms with Gasteiger partial charge in [-0.2, -0.15) is 0 Å². The van der Waals surface area contributed by atoms with Crippen LogP contribution in [0.2, 0.25) is 0 Å². The van der Waals surface area contributed by atoms with E-state index >= 15 is 0 Å². The van der Waals surface area contributed by atoms with E-state index < -0.39 is 24.3 Å². The second-order valence-corrected chi connectivity index (χ2v) is 16.3. The lowest BCUT2D eigenvalue weighted by Gasteiger charge is -2.36. The summed E-state index contributed by atoms with van der Waals surface area (Å²) in [5.74, 6) is 1.62. The molecule has 4 heterocycles. The molecular formula is C44H50N8O6. The van der Waals surface area contributed by atoms with Crippen LogP contribution in [0.1, 0.15) is 87.9 Å². The number of hydrogen-bond donors (Lipinski definition) is 4. The summed E-state index contributed by atoms with van der Waals surface area (Å²) in [6.07, 6.45) is 9.80. The van der Waals surface area contributed by atoms with Crippen molar-refractivity contribution >= 4 is 45.8 Å². The zero-order valence-electron chi connectivity index (χ0n) is 33.0. The summed E-state index contributed by atoms with van der Waals surface area (Å²) in [4.78, 5) is 72.3. The van der Waals surface area contributed by atoms with E-state index in [2.05, 4.69) is 69.1 Å². The van der Waals surface area contributed by atoms with Crippen LogP contribution in [0.5, 0.6) is 0 Å². The second-order valence-electron chi connectivity index (χ2n) is 16.3. The number of alkyl carbamates (subject to hydrolysis) is 2. The van der Waals surface area contributed by atoms with Gasteiger partial charge in [0.15, 0.2) is 0 Å². The molecule has 4 unspecified atom stereocenters. The van der Waals surface area contributed by atoms with E-state index in [0.717, 1.165) is 120 Å². The number of carbonyl (C=O) groups excluding carboxylic acids is 4. The summed E-state index contributed by atoms with van der Waals surface area (Å²) >= 11 is 0. The Kier molecular flexibility index (Phi) is 10.2. The molecule has 4 N–H and O–H groups in total. The molecule has 2 aliphatic carbocycles. The first-order valence-corrected chi connectivity index (χ1v) is 20.7. The van der Waals surface area contributed by atoms with Gasteiger partial charge in [-0.3, -0.25) is 9.59 Å². The zero-order chi connectivity index (χ0) is 39.9. The molecule has 4 atom stereocenters. The Morgan fingerprint density at radius 3 is 1.76 bits per heavy atom. The SMILES string of the molecule is COC(=O)NC(C(=O)N1CCCC1c1ncc(-c2ccc3cc(-c4ccc5nc(C6CCCN6C(=O)C(NC(=O)OC)C6CCC6)[nH]c5c4)ccc3c2)[nH]1)C1CCC1. The van der Waals surface area contributed by atoms with Gasteiger partial charge in [0, 0.05) is 18.7 Å². The number of methoxy groups -OCH3 is 2. The van der Waals surface area contributed by atoms with E-state index in [4.69, 9.17) is 19.4 Å². The number of fused-ring (bicyclic) bond motifs is 2. The number of nitrogens with one attached hydrogen (secondary N) is 4. The summed E-state index contributed by atoms with van der Waals surface area (Å²) in [6, 6.07) is 17.4. The first-order chi connectivity index (χ1) is 28.3. The Morgan fingerprint density at radius 1 is 0.655 bits per heavy atom. The van der Waals surface area contributed by atoms with E-state index in [0.29, 0.717) is 13.1 Å². The predicted molar refractivity (Wildman–Crippen MR) is 217 cm³/mol. The molecule has 0 spiro atoms. The van der Waals surface area contributed by atoms with Crippen molar-refractivity contribution in [3.63, 3.8) is 0 Å². The van der Waals surface area contributed by atoms with Crippen molar-refractivity contribution in [1.82, 2.24) is 40.4 Å². The predicted octanol–water partition coefficient (Wildman–Crippen LogP) is 7.15. The van der Waals surface area contributed by atoms with Crippen molar-refractivity contribution in [2.75, 3.05) is 27.3 Å². The van der Waals surface area contributed by atoms with Gasteiger partial charge < -0.3 is 39.9 Å². The quantitative estimate of drug-likeness (QED) is 0.116. The highest BCUT2D eigenvalue weighted by Gasteiger charge is 2.43. The van der Waals surface area contributed by atoms with Crippen molar-refractivity contribution in [2.45, 2.75) is 88.4 Å². The molecule has 14 nitrogen and oxygen atoms in total. The molecule has 4 amide bonds. The van der Waals surface area contributed by atoms with Crippen molar-refractivity contribution in [3.8, 4) is 22.4 Å². The van der Waals surface area contributed by atoms with E-state index in [1.54, 1.807) is 0 Å². The van der Waals surface area contributed by atoms with Gasteiger partial charge in [-0.15, -0.1) is 0 Å². The maximum absolute atomic E-state index is 13.8.